The molecule has 2 N–H and O–H groups in total. The molecule has 1 aliphatic carbocycles. The van der Waals surface area contributed by atoms with E-state index in [1.54, 1.807) is 0 Å². The van der Waals surface area contributed by atoms with E-state index in [-0.39, 0.29) is 0 Å². The zero-order chi connectivity index (χ0) is 12.7. The van der Waals surface area contributed by atoms with E-state index in [1.165, 1.54) is 40.9 Å². The van der Waals surface area contributed by atoms with Gasteiger partial charge in [-0.3, -0.25) is 0 Å². The number of aromatic nitrogens is 2. The van der Waals surface area contributed by atoms with E-state index < -0.39 is 0 Å². The summed E-state index contributed by atoms with van der Waals surface area (Å²) in [5, 5.41) is 4.56. The Hall–Kier alpha value is -1.61. The molecule has 0 amide bonds. The third-order valence-electron chi connectivity index (χ3n) is 3.66. The minimum absolute atomic E-state index is 0.580. The standard InChI is InChI=1S/C15H19N3/c1-10-3-4-11(2)14(7-10)18-15(12-5-6-12)13(8-16)9-17-18/h3-4,7,9,12H,5-6,8,16H2,1-2H3. The van der Waals surface area contributed by atoms with E-state index in [0.29, 0.717) is 12.5 Å². The lowest BCUT2D eigenvalue weighted by Crippen LogP contribution is -2.06. The Kier molecular flexibility index (Phi) is 2.71. The monoisotopic (exact) mass is 241 g/mol. The Balaban J connectivity index is 2.16. The fourth-order valence-electron chi connectivity index (χ4n) is 2.48. The van der Waals surface area contributed by atoms with Crippen molar-refractivity contribution in [3.05, 3.63) is 46.8 Å². The van der Waals surface area contributed by atoms with Crippen molar-refractivity contribution in [1.82, 2.24) is 9.78 Å². The Labute approximate surface area is 108 Å². The molecule has 1 aliphatic rings. The fraction of sp³-hybridized carbons (Fsp3) is 0.400. The largest absolute Gasteiger partial charge is 0.326 e. The number of hydrogen-bond acceptors (Lipinski definition) is 2. The molecule has 0 saturated heterocycles. The van der Waals surface area contributed by atoms with Gasteiger partial charge in [0, 0.05) is 18.0 Å². The zero-order valence-corrected chi connectivity index (χ0v) is 11.0. The third-order valence-corrected chi connectivity index (χ3v) is 3.66. The van der Waals surface area contributed by atoms with Crippen LogP contribution in [0.1, 0.15) is 41.1 Å². The lowest BCUT2D eigenvalue weighted by molar-refractivity contribution is 0.795. The van der Waals surface area contributed by atoms with Crippen molar-refractivity contribution >= 4 is 0 Å². The number of benzene rings is 1. The predicted molar refractivity (Wildman–Crippen MR) is 72.9 cm³/mol. The summed E-state index contributed by atoms with van der Waals surface area (Å²) in [5.74, 6) is 0.658. The molecular formula is C15H19N3. The van der Waals surface area contributed by atoms with Gasteiger partial charge in [0.2, 0.25) is 0 Å². The summed E-state index contributed by atoms with van der Waals surface area (Å²) in [5.41, 5.74) is 12.1. The molecule has 0 aliphatic heterocycles. The van der Waals surface area contributed by atoms with Gasteiger partial charge in [0.15, 0.2) is 0 Å². The molecule has 3 heteroatoms. The summed E-state index contributed by atoms with van der Waals surface area (Å²) >= 11 is 0. The molecule has 0 radical (unpaired) electrons. The van der Waals surface area contributed by atoms with E-state index in [2.05, 4.69) is 41.8 Å². The van der Waals surface area contributed by atoms with Gasteiger partial charge in [0.1, 0.15) is 0 Å². The molecule has 1 aromatic heterocycles. The maximum absolute atomic E-state index is 5.82. The quantitative estimate of drug-likeness (QED) is 0.898. The summed E-state index contributed by atoms with van der Waals surface area (Å²) in [7, 11) is 0. The van der Waals surface area contributed by atoms with Gasteiger partial charge in [-0.25, -0.2) is 4.68 Å². The molecule has 94 valence electrons. The average molecular weight is 241 g/mol. The van der Waals surface area contributed by atoms with Crippen LogP contribution >= 0.6 is 0 Å². The number of nitrogens with two attached hydrogens (primary N) is 1. The molecule has 2 aromatic rings. The van der Waals surface area contributed by atoms with Gasteiger partial charge in [-0.2, -0.15) is 5.10 Å². The predicted octanol–water partition coefficient (Wildman–Crippen LogP) is 2.83. The number of hydrogen-bond donors (Lipinski definition) is 1. The summed E-state index contributed by atoms with van der Waals surface area (Å²) in [6, 6.07) is 6.50. The van der Waals surface area contributed by atoms with Crippen molar-refractivity contribution < 1.29 is 0 Å². The van der Waals surface area contributed by atoms with Crippen molar-refractivity contribution in [2.24, 2.45) is 5.73 Å². The van der Waals surface area contributed by atoms with Crippen LogP contribution in [0, 0.1) is 13.8 Å². The first-order valence-corrected chi connectivity index (χ1v) is 6.55. The summed E-state index contributed by atoms with van der Waals surface area (Å²) in [6.07, 6.45) is 4.46. The normalized spacial score (nSPS) is 15.1. The second kappa shape index (κ2) is 4.25. The SMILES string of the molecule is Cc1ccc(C)c(-n2ncc(CN)c2C2CC2)c1. The first-order chi connectivity index (χ1) is 8.70. The van der Waals surface area contributed by atoms with Crippen LogP contribution in [-0.4, -0.2) is 9.78 Å². The highest BCUT2D eigenvalue weighted by Crippen LogP contribution is 2.42. The van der Waals surface area contributed by atoms with Crippen LogP contribution in [0.4, 0.5) is 0 Å². The smallest absolute Gasteiger partial charge is 0.0680 e. The van der Waals surface area contributed by atoms with Crippen molar-refractivity contribution in [3.8, 4) is 5.69 Å². The van der Waals surface area contributed by atoms with Crippen LogP contribution in [0.15, 0.2) is 24.4 Å². The van der Waals surface area contributed by atoms with Crippen molar-refractivity contribution in [3.63, 3.8) is 0 Å². The van der Waals surface area contributed by atoms with E-state index in [0.717, 1.165) is 0 Å². The van der Waals surface area contributed by atoms with Crippen molar-refractivity contribution in [2.75, 3.05) is 0 Å². The highest BCUT2D eigenvalue weighted by atomic mass is 15.3. The highest BCUT2D eigenvalue weighted by molar-refractivity contribution is 5.45. The maximum Gasteiger partial charge on any atom is 0.0680 e. The van der Waals surface area contributed by atoms with Gasteiger partial charge >= 0.3 is 0 Å². The van der Waals surface area contributed by atoms with E-state index in [1.807, 2.05) is 6.20 Å². The molecule has 0 atom stereocenters. The van der Waals surface area contributed by atoms with Crippen LogP contribution in [0.3, 0.4) is 0 Å². The fourth-order valence-corrected chi connectivity index (χ4v) is 2.48. The Bertz CT molecular complexity index is 579. The molecule has 3 rings (SSSR count). The Morgan fingerprint density at radius 1 is 1.33 bits per heavy atom. The maximum atomic E-state index is 5.82. The minimum Gasteiger partial charge on any atom is -0.326 e. The van der Waals surface area contributed by atoms with E-state index >= 15 is 0 Å². The lowest BCUT2D eigenvalue weighted by atomic mass is 10.1. The third kappa shape index (κ3) is 1.85. The molecule has 1 heterocycles. The van der Waals surface area contributed by atoms with Gasteiger partial charge in [0.25, 0.3) is 0 Å². The van der Waals surface area contributed by atoms with Gasteiger partial charge in [-0.1, -0.05) is 12.1 Å². The van der Waals surface area contributed by atoms with Gasteiger partial charge in [0.05, 0.1) is 17.6 Å². The molecule has 1 saturated carbocycles. The Morgan fingerprint density at radius 2 is 2.11 bits per heavy atom. The molecule has 0 spiro atoms. The van der Waals surface area contributed by atoms with E-state index in [4.69, 9.17) is 5.73 Å². The molecule has 0 bridgehead atoms. The summed E-state index contributed by atoms with van der Waals surface area (Å²) < 4.78 is 2.10. The summed E-state index contributed by atoms with van der Waals surface area (Å²) in [4.78, 5) is 0. The number of aryl methyl sites for hydroxylation is 2. The number of rotatable bonds is 3. The second-order valence-electron chi connectivity index (χ2n) is 5.24. The number of nitrogens with zero attached hydrogens (tertiary/aromatic N) is 2. The molecule has 18 heavy (non-hydrogen) atoms. The lowest BCUT2D eigenvalue weighted by Gasteiger charge is -2.12. The second-order valence-corrected chi connectivity index (χ2v) is 5.24. The topological polar surface area (TPSA) is 43.8 Å². The van der Waals surface area contributed by atoms with Crippen molar-refractivity contribution in [2.45, 2.75) is 39.2 Å². The highest BCUT2D eigenvalue weighted by Gasteiger charge is 2.30. The van der Waals surface area contributed by atoms with Crippen LogP contribution in [-0.2, 0) is 6.54 Å². The molecule has 3 nitrogen and oxygen atoms in total. The Morgan fingerprint density at radius 3 is 2.78 bits per heavy atom. The van der Waals surface area contributed by atoms with Crippen LogP contribution in [0.2, 0.25) is 0 Å². The summed E-state index contributed by atoms with van der Waals surface area (Å²) in [6.45, 7) is 4.83. The zero-order valence-electron chi connectivity index (χ0n) is 11.0. The molecule has 1 aromatic carbocycles. The van der Waals surface area contributed by atoms with Crippen LogP contribution in [0.25, 0.3) is 5.69 Å². The van der Waals surface area contributed by atoms with Gasteiger partial charge in [-0.15, -0.1) is 0 Å². The molecule has 1 fully saturated rings. The molecular weight excluding hydrogens is 222 g/mol. The van der Waals surface area contributed by atoms with Crippen LogP contribution < -0.4 is 5.73 Å². The van der Waals surface area contributed by atoms with Gasteiger partial charge in [-0.05, 0) is 43.9 Å². The molecule has 0 unspecified atom stereocenters. The first-order valence-electron chi connectivity index (χ1n) is 6.55. The van der Waals surface area contributed by atoms with Gasteiger partial charge < -0.3 is 5.73 Å². The van der Waals surface area contributed by atoms with Crippen molar-refractivity contribution in [1.29, 1.82) is 0 Å². The first kappa shape index (κ1) is 11.5. The minimum atomic E-state index is 0.580. The van der Waals surface area contributed by atoms with Crippen LogP contribution in [0.5, 0.6) is 0 Å². The average Bonchev–Trinajstić information content (AvgIpc) is 3.12. The van der Waals surface area contributed by atoms with E-state index in [9.17, 15) is 0 Å².